The first-order valence-corrected chi connectivity index (χ1v) is 8.55. The highest BCUT2D eigenvalue weighted by atomic mass is 32.1. The molecule has 0 unspecified atom stereocenters. The van der Waals surface area contributed by atoms with E-state index in [1.165, 1.54) is 45.4 Å². The zero-order valence-corrected chi connectivity index (χ0v) is 14.6. The summed E-state index contributed by atoms with van der Waals surface area (Å²) in [5, 5.41) is 0. The highest BCUT2D eigenvalue weighted by molar-refractivity contribution is 7.83. The Bertz CT molecular complexity index is 368. The predicted molar refractivity (Wildman–Crippen MR) is 87.5 cm³/mol. The quantitative estimate of drug-likeness (QED) is 0.445. The Morgan fingerprint density at radius 3 is 1.48 bits per heavy atom. The molecule has 0 radical (unpaired) electrons. The molecule has 3 heterocycles. The molecule has 0 aromatic carbocycles. The molecule has 6 nitrogen and oxygen atoms in total. The smallest absolute Gasteiger partial charge is 0.337 e. The number of carbonyl (C=O) groups excluding carboxylic acids is 3. The third kappa shape index (κ3) is 7.46. The molecule has 0 spiro atoms. The predicted octanol–water partition coefficient (Wildman–Crippen LogP) is 2.09. The zero-order chi connectivity index (χ0) is 17.1. The molecule has 7 heteroatoms. The van der Waals surface area contributed by atoms with Crippen LogP contribution in [0.1, 0.15) is 51.9 Å². The first-order valence-electron chi connectivity index (χ1n) is 8.11. The topological polar surface area (TPSA) is 78.9 Å². The molecular weight excluding hydrogens is 320 g/mol. The molecular formula is C16H26O6S. The van der Waals surface area contributed by atoms with Crippen LogP contribution in [0.2, 0.25) is 0 Å². The molecule has 3 aliphatic rings. The average molecular weight is 346 g/mol. The van der Waals surface area contributed by atoms with E-state index in [0.29, 0.717) is 0 Å². The Hall–Kier alpha value is -0.920. The highest BCUT2D eigenvalue weighted by Crippen LogP contribution is 2.28. The first-order chi connectivity index (χ1) is 11.0. The fourth-order valence-electron chi connectivity index (χ4n) is 2.15. The van der Waals surface area contributed by atoms with E-state index in [-0.39, 0.29) is 6.42 Å². The van der Waals surface area contributed by atoms with Crippen molar-refractivity contribution in [2.75, 3.05) is 26.4 Å². The number of carbonyl (C=O) groups is 3. The van der Waals surface area contributed by atoms with Crippen molar-refractivity contribution in [1.82, 2.24) is 0 Å². The normalized spacial score (nSPS) is 27.0. The minimum absolute atomic E-state index is 0.260. The van der Waals surface area contributed by atoms with Gasteiger partial charge in [0.05, 0.1) is 6.42 Å². The van der Waals surface area contributed by atoms with Crippen LogP contribution in [-0.2, 0) is 28.6 Å². The molecule has 3 rings (SSSR count). The lowest BCUT2D eigenvalue weighted by molar-refractivity contribution is -0.152. The van der Waals surface area contributed by atoms with Gasteiger partial charge in [0.1, 0.15) is 0 Å². The lowest BCUT2D eigenvalue weighted by atomic mass is 10.0. The van der Waals surface area contributed by atoms with Crippen LogP contribution < -0.4 is 0 Å². The van der Waals surface area contributed by atoms with Gasteiger partial charge in [0.2, 0.25) is 0 Å². The molecule has 3 saturated heterocycles. The summed E-state index contributed by atoms with van der Waals surface area (Å²) in [6.07, 6.45) is 7.60. The number of hydrogen-bond donors (Lipinski definition) is 1. The van der Waals surface area contributed by atoms with Crippen LogP contribution in [0.25, 0.3) is 0 Å². The van der Waals surface area contributed by atoms with Gasteiger partial charge in [-0.25, -0.2) is 4.79 Å². The lowest BCUT2D eigenvalue weighted by Gasteiger charge is -2.10. The summed E-state index contributed by atoms with van der Waals surface area (Å²) >= 11 is 3.79. The molecule has 132 valence electrons. The molecule has 0 bridgehead atoms. The molecule has 0 aliphatic carbocycles. The van der Waals surface area contributed by atoms with E-state index in [2.05, 4.69) is 17.4 Å². The second kappa shape index (κ2) is 10.8. The standard InChI is InChI=1S/C6H6O4S.2C5H10O/c1-3(7)6(11)2-4(8)10-5(6)9;2*1-2-4-6-5-3-1/h11H,2H2,1H3;2*1-5H2/t6-;;/m0../s1. The van der Waals surface area contributed by atoms with Crippen molar-refractivity contribution in [2.24, 2.45) is 0 Å². The third-order valence-corrected chi connectivity index (χ3v) is 4.34. The Morgan fingerprint density at radius 2 is 1.35 bits per heavy atom. The summed E-state index contributed by atoms with van der Waals surface area (Å²) in [7, 11) is 0. The Balaban J connectivity index is 0.000000187. The largest absolute Gasteiger partial charge is 0.392 e. The van der Waals surface area contributed by atoms with Crippen LogP contribution in [0.15, 0.2) is 0 Å². The number of cyclic esters (lactones) is 2. The number of esters is 2. The van der Waals surface area contributed by atoms with Gasteiger partial charge in [0.25, 0.3) is 0 Å². The van der Waals surface area contributed by atoms with Crippen molar-refractivity contribution in [3.05, 3.63) is 0 Å². The fourth-order valence-corrected chi connectivity index (χ4v) is 2.32. The molecule has 0 amide bonds. The summed E-state index contributed by atoms with van der Waals surface area (Å²) in [4.78, 5) is 32.1. The van der Waals surface area contributed by atoms with Crippen molar-refractivity contribution in [3.63, 3.8) is 0 Å². The number of hydrogen-bond acceptors (Lipinski definition) is 7. The monoisotopic (exact) mass is 346 g/mol. The van der Waals surface area contributed by atoms with Gasteiger partial charge in [-0.1, -0.05) is 0 Å². The molecule has 1 atom stereocenters. The van der Waals surface area contributed by atoms with Crippen molar-refractivity contribution < 1.29 is 28.6 Å². The lowest BCUT2D eigenvalue weighted by Crippen LogP contribution is -2.35. The maximum atomic E-state index is 10.8. The number of Topliss-reactive ketones (excluding diaryl/α,β-unsaturated/α-hetero) is 1. The number of ketones is 1. The molecule has 3 fully saturated rings. The van der Waals surface area contributed by atoms with Crippen molar-refractivity contribution in [1.29, 1.82) is 0 Å². The van der Waals surface area contributed by atoms with Crippen LogP contribution in [0.4, 0.5) is 0 Å². The third-order valence-electron chi connectivity index (χ3n) is 3.68. The van der Waals surface area contributed by atoms with Gasteiger partial charge in [0.15, 0.2) is 10.5 Å². The number of rotatable bonds is 1. The van der Waals surface area contributed by atoms with Crippen LogP contribution >= 0.6 is 12.6 Å². The van der Waals surface area contributed by atoms with Crippen molar-refractivity contribution in [3.8, 4) is 0 Å². The second-order valence-corrected chi connectivity index (χ2v) is 6.46. The summed E-state index contributed by atoms with van der Waals surface area (Å²) in [5.74, 6) is -2.02. The maximum Gasteiger partial charge on any atom is 0.337 e. The summed E-state index contributed by atoms with van der Waals surface area (Å²) in [5.41, 5.74) is 0. The SMILES string of the molecule is C1CCOCC1.C1CCOCC1.CC(=O)[C@@]1(S)CC(=O)OC1=O. The molecule has 23 heavy (non-hydrogen) atoms. The van der Waals surface area contributed by atoms with Gasteiger partial charge >= 0.3 is 11.9 Å². The van der Waals surface area contributed by atoms with Crippen LogP contribution in [0, 0.1) is 0 Å². The van der Waals surface area contributed by atoms with Crippen LogP contribution in [-0.4, -0.2) is 48.9 Å². The van der Waals surface area contributed by atoms with Crippen LogP contribution in [0.5, 0.6) is 0 Å². The highest BCUT2D eigenvalue weighted by Gasteiger charge is 2.50. The summed E-state index contributed by atoms with van der Waals surface area (Å²) < 4.78 is 12.8. The molecule has 3 aliphatic heterocycles. The number of ether oxygens (including phenoxy) is 3. The van der Waals surface area contributed by atoms with E-state index in [1.807, 2.05) is 0 Å². The summed E-state index contributed by atoms with van der Waals surface area (Å²) in [6, 6.07) is 0. The minimum Gasteiger partial charge on any atom is -0.392 e. The van der Waals surface area contributed by atoms with Gasteiger partial charge in [0, 0.05) is 26.4 Å². The van der Waals surface area contributed by atoms with E-state index in [1.54, 1.807) is 0 Å². The molecule has 0 N–H and O–H groups in total. The van der Waals surface area contributed by atoms with E-state index in [9.17, 15) is 14.4 Å². The van der Waals surface area contributed by atoms with Crippen LogP contribution in [0.3, 0.4) is 0 Å². The average Bonchev–Trinajstić information content (AvgIpc) is 2.85. The minimum atomic E-state index is -1.53. The maximum absolute atomic E-state index is 10.8. The van der Waals surface area contributed by atoms with Gasteiger partial charge in [-0.2, -0.15) is 12.6 Å². The van der Waals surface area contributed by atoms with Crippen molar-refractivity contribution in [2.45, 2.75) is 56.6 Å². The van der Waals surface area contributed by atoms with E-state index in [0.717, 1.165) is 26.4 Å². The van der Waals surface area contributed by atoms with Gasteiger partial charge in [-0.3, -0.25) is 9.59 Å². The Morgan fingerprint density at radius 1 is 0.913 bits per heavy atom. The van der Waals surface area contributed by atoms with Gasteiger partial charge in [-0.15, -0.1) is 0 Å². The Labute approximate surface area is 142 Å². The molecule has 0 aromatic rings. The molecule has 0 aromatic heterocycles. The second-order valence-electron chi connectivity index (χ2n) is 5.70. The first kappa shape index (κ1) is 20.1. The van der Waals surface area contributed by atoms with E-state index in [4.69, 9.17) is 9.47 Å². The van der Waals surface area contributed by atoms with E-state index >= 15 is 0 Å². The van der Waals surface area contributed by atoms with Gasteiger partial charge < -0.3 is 14.2 Å². The summed E-state index contributed by atoms with van der Waals surface area (Å²) in [6.45, 7) is 5.20. The molecule has 0 saturated carbocycles. The fraction of sp³-hybridized carbons (Fsp3) is 0.812. The zero-order valence-electron chi connectivity index (χ0n) is 13.7. The van der Waals surface area contributed by atoms with Crippen molar-refractivity contribution >= 4 is 30.4 Å². The van der Waals surface area contributed by atoms with Gasteiger partial charge in [-0.05, 0) is 45.4 Å². The number of thiol groups is 1. The Kier molecular flexibility index (Phi) is 9.43. The van der Waals surface area contributed by atoms with E-state index < -0.39 is 22.5 Å².